The van der Waals surface area contributed by atoms with E-state index in [2.05, 4.69) is 33.4 Å². The van der Waals surface area contributed by atoms with Gasteiger partial charge >= 0.3 is 0 Å². The lowest BCUT2D eigenvalue weighted by atomic mass is 9.99. The van der Waals surface area contributed by atoms with E-state index in [1.165, 1.54) is 18.5 Å². The number of carbonyl (C=O) groups excluding carboxylic acids is 1. The molecule has 5 atom stereocenters. The number of hydrogen-bond acceptors (Lipinski definition) is 3. The van der Waals surface area contributed by atoms with Crippen molar-refractivity contribution in [2.75, 3.05) is 0 Å². The second kappa shape index (κ2) is 6.62. The predicted octanol–water partition coefficient (Wildman–Crippen LogP) is 4.21. The summed E-state index contributed by atoms with van der Waals surface area (Å²) in [7, 11) is 0. The lowest BCUT2D eigenvalue weighted by Crippen LogP contribution is -2.37. The van der Waals surface area contributed by atoms with Gasteiger partial charge in [0.2, 0.25) is 0 Å². The Kier molecular flexibility index (Phi) is 4.23. The molecule has 1 aromatic carbocycles. The first-order valence-electron chi connectivity index (χ1n) is 10.1. The molecule has 5 rings (SSSR count). The van der Waals surface area contributed by atoms with Crippen molar-refractivity contribution >= 4 is 17.5 Å². The summed E-state index contributed by atoms with van der Waals surface area (Å²) < 4.78 is 2.10. The smallest absolute Gasteiger partial charge is 0.251 e. The standard InChI is InChI=1S/C21H25ClN4O/c1-2-18(23-21(27)13-5-7-14(22)8-6-13)20-16-9-15(10-17(16)20)26-11-19(24-25-26)12-3-4-12/h5-8,11-12,15-18,20H,2-4,9-10H2,1H3,(H,23,27)/t15?,16-,17+,18?,20?. The Labute approximate surface area is 164 Å². The van der Waals surface area contributed by atoms with Crippen molar-refractivity contribution in [2.24, 2.45) is 17.8 Å². The van der Waals surface area contributed by atoms with Gasteiger partial charge in [-0.05, 0) is 74.1 Å². The van der Waals surface area contributed by atoms with E-state index in [1.807, 2.05) is 0 Å². The molecule has 3 unspecified atom stereocenters. The zero-order chi connectivity index (χ0) is 18.5. The Bertz CT molecular complexity index is 832. The largest absolute Gasteiger partial charge is 0.349 e. The van der Waals surface area contributed by atoms with Gasteiger partial charge in [0.15, 0.2) is 0 Å². The van der Waals surface area contributed by atoms with Crippen LogP contribution in [0, 0.1) is 17.8 Å². The van der Waals surface area contributed by atoms with Crippen LogP contribution < -0.4 is 5.32 Å². The number of rotatable bonds is 6. The number of carbonyl (C=O) groups is 1. The van der Waals surface area contributed by atoms with Crippen LogP contribution in [-0.2, 0) is 0 Å². The summed E-state index contributed by atoms with van der Waals surface area (Å²) in [4.78, 5) is 12.6. The van der Waals surface area contributed by atoms with Crippen molar-refractivity contribution in [2.45, 2.75) is 57.0 Å². The summed E-state index contributed by atoms with van der Waals surface area (Å²) >= 11 is 5.92. The number of benzene rings is 1. The van der Waals surface area contributed by atoms with Crippen LogP contribution in [0.25, 0.3) is 0 Å². The Morgan fingerprint density at radius 3 is 2.59 bits per heavy atom. The molecule has 6 heteroatoms. The molecule has 0 bridgehead atoms. The molecule has 142 valence electrons. The lowest BCUT2D eigenvalue weighted by Gasteiger charge is -2.21. The summed E-state index contributed by atoms with van der Waals surface area (Å²) in [5.41, 5.74) is 1.85. The normalized spacial score (nSPS) is 30.0. The zero-order valence-electron chi connectivity index (χ0n) is 15.5. The highest BCUT2D eigenvalue weighted by atomic mass is 35.5. The monoisotopic (exact) mass is 384 g/mol. The van der Waals surface area contributed by atoms with Gasteiger partial charge in [-0.25, -0.2) is 4.68 Å². The Morgan fingerprint density at radius 2 is 1.96 bits per heavy atom. The third-order valence-corrected chi connectivity index (χ3v) is 6.96. The van der Waals surface area contributed by atoms with E-state index in [0.717, 1.165) is 19.3 Å². The zero-order valence-corrected chi connectivity index (χ0v) is 16.3. The van der Waals surface area contributed by atoms with Gasteiger partial charge in [0.1, 0.15) is 0 Å². The van der Waals surface area contributed by atoms with E-state index in [1.54, 1.807) is 24.3 Å². The van der Waals surface area contributed by atoms with Gasteiger partial charge in [0.05, 0.1) is 11.7 Å². The van der Waals surface area contributed by atoms with Gasteiger partial charge in [-0.15, -0.1) is 5.10 Å². The third-order valence-electron chi connectivity index (χ3n) is 6.71. The predicted molar refractivity (Wildman–Crippen MR) is 104 cm³/mol. The first-order valence-corrected chi connectivity index (χ1v) is 10.5. The molecule has 1 heterocycles. The fourth-order valence-electron chi connectivity index (χ4n) is 5.03. The van der Waals surface area contributed by atoms with Crippen LogP contribution in [-0.4, -0.2) is 26.9 Å². The number of hydrogen-bond donors (Lipinski definition) is 1. The van der Waals surface area contributed by atoms with E-state index in [-0.39, 0.29) is 11.9 Å². The van der Waals surface area contributed by atoms with E-state index < -0.39 is 0 Å². The topological polar surface area (TPSA) is 59.8 Å². The Hall–Kier alpha value is -1.88. The number of nitrogens with zero attached hydrogens (tertiary/aromatic N) is 3. The average molecular weight is 385 g/mol. The fourth-order valence-corrected chi connectivity index (χ4v) is 5.16. The quantitative estimate of drug-likeness (QED) is 0.811. The van der Waals surface area contributed by atoms with E-state index in [9.17, 15) is 4.79 Å². The highest BCUT2D eigenvalue weighted by Gasteiger charge is 2.59. The van der Waals surface area contributed by atoms with Crippen LogP contribution in [0.4, 0.5) is 0 Å². The lowest BCUT2D eigenvalue weighted by molar-refractivity contribution is 0.0926. The summed E-state index contributed by atoms with van der Waals surface area (Å²) in [5.74, 6) is 2.69. The highest BCUT2D eigenvalue weighted by molar-refractivity contribution is 6.30. The fraction of sp³-hybridized carbons (Fsp3) is 0.571. The molecule has 1 N–H and O–H groups in total. The molecule has 2 aromatic rings. The number of fused-ring (bicyclic) bond motifs is 1. The summed E-state index contributed by atoms with van der Waals surface area (Å²) in [6.07, 6.45) is 8.00. The van der Waals surface area contributed by atoms with E-state index >= 15 is 0 Å². The minimum absolute atomic E-state index is 0.00499. The van der Waals surface area contributed by atoms with Crippen molar-refractivity contribution in [3.05, 3.63) is 46.7 Å². The van der Waals surface area contributed by atoms with Crippen molar-refractivity contribution in [3.8, 4) is 0 Å². The summed E-state index contributed by atoms with van der Waals surface area (Å²) in [5, 5.41) is 12.7. The molecule has 0 saturated heterocycles. The number of aromatic nitrogens is 3. The molecule has 1 amide bonds. The molecular formula is C21H25ClN4O. The minimum atomic E-state index is 0.00499. The third kappa shape index (κ3) is 3.27. The maximum absolute atomic E-state index is 12.6. The molecule has 0 spiro atoms. The van der Waals surface area contributed by atoms with E-state index in [0.29, 0.717) is 40.3 Å². The minimum Gasteiger partial charge on any atom is -0.349 e. The van der Waals surface area contributed by atoms with E-state index in [4.69, 9.17) is 11.6 Å². The first kappa shape index (κ1) is 17.2. The molecular weight excluding hydrogens is 360 g/mol. The van der Waals surface area contributed by atoms with Crippen molar-refractivity contribution < 1.29 is 4.79 Å². The second-order valence-electron chi connectivity index (χ2n) is 8.42. The van der Waals surface area contributed by atoms with Gasteiger partial charge in [-0.1, -0.05) is 23.7 Å². The summed E-state index contributed by atoms with van der Waals surface area (Å²) in [6, 6.07) is 7.85. The Morgan fingerprint density at radius 1 is 1.26 bits per heavy atom. The van der Waals surface area contributed by atoms with Gasteiger partial charge < -0.3 is 5.32 Å². The van der Waals surface area contributed by atoms with Gasteiger partial charge in [-0.3, -0.25) is 4.79 Å². The van der Waals surface area contributed by atoms with Crippen LogP contribution in [0.2, 0.25) is 5.02 Å². The van der Waals surface area contributed by atoms with Crippen molar-refractivity contribution in [3.63, 3.8) is 0 Å². The number of halogens is 1. The van der Waals surface area contributed by atoms with Gasteiger partial charge in [-0.2, -0.15) is 0 Å². The maximum atomic E-state index is 12.6. The first-order chi connectivity index (χ1) is 13.1. The van der Waals surface area contributed by atoms with Crippen molar-refractivity contribution in [1.29, 1.82) is 0 Å². The summed E-state index contributed by atoms with van der Waals surface area (Å²) in [6.45, 7) is 2.16. The average Bonchev–Trinajstić information content (AvgIpc) is 3.53. The highest BCUT2D eigenvalue weighted by Crippen LogP contribution is 2.62. The number of nitrogens with one attached hydrogen (secondary N) is 1. The number of amides is 1. The van der Waals surface area contributed by atoms with Crippen LogP contribution in [0.1, 0.15) is 67.0 Å². The molecule has 1 aromatic heterocycles. The van der Waals surface area contributed by atoms with Crippen LogP contribution in [0.15, 0.2) is 30.5 Å². The Balaban J connectivity index is 1.19. The molecule has 3 aliphatic carbocycles. The molecule has 3 saturated carbocycles. The molecule has 3 aliphatic rings. The molecule has 0 aliphatic heterocycles. The molecule has 3 fully saturated rings. The SMILES string of the molecule is CCC(NC(=O)c1ccc(Cl)cc1)C1[C@H]2CC(n3cc(C4CC4)nn3)C[C@@H]12. The molecule has 0 radical (unpaired) electrons. The molecule has 27 heavy (non-hydrogen) atoms. The van der Waals surface area contributed by atoms with Gasteiger partial charge in [0.25, 0.3) is 5.91 Å². The maximum Gasteiger partial charge on any atom is 0.251 e. The van der Waals surface area contributed by atoms with Crippen LogP contribution >= 0.6 is 11.6 Å². The van der Waals surface area contributed by atoms with Crippen LogP contribution in [0.3, 0.4) is 0 Å². The van der Waals surface area contributed by atoms with Gasteiger partial charge in [0, 0.05) is 28.7 Å². The molecule has 5 nitrogen and oxygen atoms in total. The van der Waals surface area contributed by atoms with Crippen LogP contribution in [0.5, 0.6) is 0 Å². The second-order valence-corrected chi connectivity index (χ2v) is 8.86. The van der Waals surface area contributed by atoms with Crippen molar-refractivity contribution in [1.82, 2.24) is 20.3 Å².